The van der Waals surface area contributed by atoms with Crippen molar-refractivity contribution in [3.8, 4) is 5.75 Å². The maximum absolute atomic E-state index is 13.1. The van der Waals surface area contributed by atoms with Gasteiger partial charge in [-0.3, -0.25) is 9.59 Å². The molecule has 3 heterocycles. The van der Waals surface area contributed by atoms with Crippen molar-refractivity contribution in [1.82, 2.24) is 19.8 Å². The highest BCUT2D eigenvalue weighted by Gasteiger charge is 2.39. The largest absolute Gasteiger partial charge is 0.489 e. The Labute approximate surface area is 211 Å². The molecule has 186 valence electrons. The van der Waals surface area contributed by atoms with E-state index in [1.165, 1.54) is 5.56 Å². The number of carbonyl (C=O) groups excluding carboxylic acids is 2. The molecule has 1 atom stereocenters. The van der Waals surface area contributed by atoms with E-state index in [9.17, 15) is 9.59 Å². The summed E-state index contributed by atoms with van der Waals surface area (Å²) >= 11 is 0. The van der Waals surface area contributed by atoms with Gasteiger partial charge in [0.05, 0.1) is 18.6 Å². The number of ether oxygens (including phenoxy) is 1. The van der Waals surface area contributed by atoms with Crippen LogP contribution in [0.1, 0.15) is 66.4 Å². The maximum Gasteiger partial charge on any atom is 0.255 e. The van der Waals surface area contributed by atoms with E-state index in [1.807, 2.05) is 18.5 Å². The number of nitrogens with zero attached hydrogens (tertiary/aromatic N) is 3. The molecular weight excluding hydrogens is 452 g/mol. The number of hydrogen-bond acceptors (Lipinski definition) is 4. The number of benzene rings is 2. The van der Waals surface area contributed by atoms with Crippen molar-refractivity contribution in [3.63, 3.8) is 0 Å². The number of amides is 2. The van der Waals surface area contributed by atoms with Gasteiger partial charge in [-0.15, -0.1) is 0 Å². The fourth-order valence-corrected chi connectivity index (χ4v) is 4.72. The van der Waals surface area contributed by atoms with Crippen molar-refractivity contribution in [2.45, 2.75) is 64.8 Å². The second-order valence-corrected chi connectivity index (χ2v) is 10.6. The van der Waals surface area contributed by atoms with Crippen LogP contribution in [0.2, 0.25) is 0 Å². The molecule has 1 unspecified atom stereocenters. The number of allylic oxidation sites excluding steroid dienone is 1. The first-order valence-electron chi connectivity index (χ1n) is 12.3. The standard InChI is InChI=1S/C29H32N4O3/c1-19-8-13-24(27(34)31-19)33-15-23-22(28(33)35)6-5-7-25(23)36-17-21-11-9-20(10-12-21)14-32-16-26(30-18-32)29(2,3)4/h5-7,9-12,16,18,24H,1,8,13-15,17H2,2-4H3,(H,31,34). The molecule has 0 bridgehead atoms. The lowest BCUT2D eigenvalue weighted by Crippen LogP contribution is -2.49. The van der Waals surface area contributed by atoms with Crippen LogP contribution in [-0.2, 0) is 29.9 Å². The second-order valence-electron chi connectivity index (χ2n) is 10.6. The van der Waals surface area contributed by atoms with Crippen LogP contribution in [0.4, 0.5) is 0 Å². The van der Waals surface area contributed by atoms with Crippen molar-refractivity contribution in [2.75, 3.05) is 0 Å². The van der Waals surface area contributed by atoms with Gasteiger partial charge in [0.2, 0.25) is 5.91 Å². The highest BCUT2D eigenvalue weighted by atomic mass is 16.5. The molecule has 7 heteroatoms. The number of imidazole rings is 1. The molecule has 2 amide bonds. The van der Waals surface area contributed by atoms with Gasteiger partial charge in [0.15, 0.2) is 0 Å². The van der Waals surface area contributed by atoms with Crippen LogP contribution in [0.15, 0.2) is 67.3 Å². The summed E-state index contributed by atoms with van der Waals surface area (Å²) < 4.78 is 8.25. The Morgan fingerprint density at radius 3 is 2.56 bits per heavy atom. The SMILES string of the molecule is C=C1CCC(N2Cc3c(OCc4ccc(Cn5cnc(C(C)(C)C)c5)cc4)cccc3C2=O)C(=O)N1. The molecule has 1 N–H and O–H groups in total. The van der Waals surface area contributed by atoms with Gasteiger partial charge in [0.1, 0.15) is 18.4 Å². The number of rotatable bonds is 6. The number of fused-ring (bicyclic) bond motifs is 1. The average Bonchev–Trinajstić information content (AvgIpc) is 3.44. The van der Waals surface area contributed by atoms with E-state index in [1.54, 1.807) is 11.0 Å². The van der Waals surface area contributed by atoms with E-state index in [2.05, 4.69) is 72.7 Å². The zero-order valence-corrected chi connectivity index (χ0v) is 21.1. The van der Waals surface area contributed by atoms with E-state index in [-0.39, 0.29) is 17.2 Å². The van der Waals surface area contributed by atoms with E-state index in [4.69, 9.17) is 4.74 Å². The lowest BCUT2D eigenvalue weighted by molar-refractivity contribution is -0.126. The number of nitrogens with one attached hydrogen (secondary N) is 1. The highest BCUT2D eigenvalue weighted by molar-refractivity contribution is 6.02. The Morgan fingerprint density at radius 1 is 1.11 bits per heavy atom. The van der Waals surface area contributed by atoms with Gasteiger partial charge in [0.25, 0.3) is 5.91 Å². The minimum Gasteiger partial charge on any atom is -0.489 e. The molecule has 2 aromatic carbocycles. The van der Waals surface area contributed by atoms with E-state index >= 15 is 0 Å². The predicted molar refractivity (Wildman–Crippen MR) is 137 cm³/mol. The molecule has 0 spiro atoms. The van der Waals surface area contributed by atoms with Crippen LogP contribution in [0.25, 0.3) is 0 Å². The maximum atomic E-state index is 13.1. The minimum atomic E-state index is -0.481. The number of carbonyl (C=O) groups is 2. The van der Waals surface area contributed by atoms with Crippen LogP contribution >= 0.6 is 0 Å². The third kappa shape index (κ3) is 4.78. The summed E-state index contributed by atoms with van der Waals surface area (Å²) in [6.07, 6.45) is 5.24. The summed E-state index contributed by atoms with van der Waals surface area (Å²) in [6, 6.07) is 13.4. The van der Waals surface area contributed by atoms with E-state index in [0.717, 1.165) is 23.4 Å². The van der Waals surface area contributed by atoms with Gasteiger partial charge >= 0.3 is 0 Å². The molecule has 0 radical (unpaired) electrons. The fraction of sp³-hybridized carbons (Fsp3) is 0.345. The smallest absolute Gasteiger partial charge is 0.255 e. The Hall–Kier alpha value is -3.87. The summed E-state index contributed by atoms with van der Waals surface area (Å²) in [5.74, 6) is 0.392. The zero-order chi connectivity index (χ0) is 25.4. The number of aromatic nitrogens is 2. The molecule has 2 aliphatic rings. The van der Waals surface area contributed by atoms with E-state index in [0.29, 0.717) is 43.0 Å². The monoisotopic (exact) mass is 484 g/mol. The summed E-state index contributed by atoms with van der Waals surface area (Å²) in [5, 5.41) is 2.78. The summed E-state index contributed by atoms with van der Waals surface area (Å²) in [6.45, 7) is 11.8. The third-order valence-electron chi connectivity index (χ3n) is 6.84. The Kier molecular flexibility index (Phi) is 6.16. The summed E-state index contributed by atoms with van der Waals surface area (Å²) in [5.41, 5.74) is 5.49. The second kappa shape index (κ2) is 9.30. The van der Waals surface area contributed by atoms with Crippen molar-refractivity contribution in [3.05, 3.63) is 95.2 Å². The number of piperidine rings is 1. The molecule has 5 rings (SSSR count). The zero-order valence-electron chi connectivity index (χ0n) is 21.1. The van der Waals surface area contributed by atoms with Crippen LogP contribution in [0.3, 0.4) is 0 Å². The predicted octanol–water partition coefficient (Wildman–Crippen LogP) is 4.56. The van der Waals surface area contributed by atoms with Gasteiger partial charge in [0, 0.05) is 35.0 Å². The molecule has 0 aliphatic carbocycles. The van der Waals surface area contributed by atoms with Crippen LogP contribution < -0.4 is 10.1 Å². The van der Waals surface area contributed by atoms with Gasteiger partial charge in [-0.05, 0) is 36.1 Å². The van der Waals surface area contributed by atoms with Gasteiger partial charge in [-0.25, -0.2) is 4.98 Å². The van der Waals surface area contributed by atoms with Gasteiger partial charge < -0.3 is 19.5 Å². The first-order valence-corrected chi connectivity index (χ1v) is 12.3. The molecule has 3 aromatic rings. The molecule has 7 nitrogen and oxygen atoms in total. The van der Waals surface area contributed by atoms with Crippen LogP contribution in [0, 0.1) is 0 Å². The van der Waals surface area contributed by atoms with E-state index < -0.39 is 6.04 Å². The van der Waals surface area contributed by atoms with Gasteiger partial charge in [-0.1, -0.05) is 57.7 Å². The Morgan fingerprint density at radius 2 is 1.86 bits per heavy atom. The summed E-state index contributed by atoms with van der Waals surface area (Å²) in [4.78, 5) is 31.7. The molecule has 1 fully saturated rings. The third-order valence-corrected chi connectivity index (χ3v) is 6.84. The lowest BCUT2D eigenvalue weighted by Gasteiger charge is -2.31. The fourth-order valence-electron chi connectivity index (χ4n) is 4.72. The average molecular weight is 485 g/mol. The topological polar surface area (TPSA) is 76.5 Å². The Bertz CT molecular complexity index is 1320. The van der Waals surface area contributed by atoms with Crippen LogP contribution in [0.5, 0.6) is 5.75 Å². The van der Waals surface area contributed by atoms with Crippen molar-refractivity contribution >= 4 is 11.8 Å². The van der Waals surface area contributed by atoms with Crippen molar-refractivity contribution in [1.29, 1.82) is 0 Å². The van der Waals surface area contributed by atoms with Crippen molar-refractivity contribution in [2.24, 2.45) is 0 Å². The Balaban J connectivity index is 1.23. The minimum absolute atomic E-state index is 0.0314. The summed E-state index contributed by atoms with van der Waals surface area (Å²) in [7, 11) is 0. The van der Waals surface area contributed by atoms with Crippen molar-refractivity contribution < 1.29 is 14.3 Å². The quantitative estimate of drug-likeness (QED) is 0.557. The van der Waals surface area contributed by atoms with Crippen LogP contribution in [-0.4, -0.2) is 32.3 Å². The highest BCUT2D eigenvalue weighted by Crippen LogP contribution is 2.34. The van der Waals surface area contributed by atoms with Gasteiger partial charge in [-0.2, -0.15) is 0 Å². The molecule has 1 aromatic heterocycles. The molecule has 2 aliphatic heterocycles. The number of hydrogen-bond donors (Lipinski definition) is 1. The lowest BCUT2D eigenvalue weighted by atomic mass is 9.93. The molecule has 36 heavy (non-hydrogen) atoms. The first kappa shape index (κ1) is 23.9. The molecule has 1 saturated heterocycles. The normalized spacial score (nSPS) is 17.8. The molecular formula is C29H32N4O3. The first-order chi connectivity index (χ1) is 17.2. The molecule has 0 saturated carbocycles.